The van der Waals surface area contributed by atoms with Crippen molar-refractivity contribution in [3.05, 3.63) is 48.7 Å². The zero-order valence-electron chi connectivity index (χ0n) is 27.9. The molecule has 1 rings (SSSR count). The molecule has 0 saturated carbocycles. The Morgan fingerprint density at radius 1 is 0.404 bits per heavy atom. The molecule has 1 aromatic carbocycles. The Bertz CT molecular complexity index is 786. The lowest BCUT2D eigenvalue weighted by molar-refractivity contribution is -0.0283. The summed E-state index contributed by atoms with van der Waals surface area (Å²) in [6, 6.07) is 8.85. The summed E-state index contributed by atoms with van der Waals surface area (Å²) in [6.45, 7) is 14.8. The Kier molecular flexibility index (Phi) is 33.4. The highest BCUT2D eigenvalue weighted by atomic mass is 16.6. The average molecular weight is 677 g/mol. The third kappa shape index (κ3) is 32.1. The van der Waals surface area contributed by atoms with Crippen molar-refractivity contribution in [1.82, 2.24) is 0 Å². The molecule has 47 heavy (non-hydrogen) atoms. The minimum absolute atomic E-state index is 0.200. The first-order valence-corrected chi connectivity index (χ1v) is 16.1. The van der Waals surface area contributed by atoms with Crippen molar-refractivity contribution >= 4 is 5.97 Å². The van der Waals surface area contributed by atoms with Crippen LogP contribution in [0.3, 0.4) is 0 Å². The fourth-order valence-electron chi connectivity index (χ4n) is 3.34. The zero-order chi connectivity index (χ0) is 33.6. The summed E-state index contributed by atoms with van der Waals surface area (Å²) in [5.74, 6) is -0.358. The topological polar surface area (TPSA) is 137 Å². The van der Waals surface area contributed by atoms with Crippen molar-refractivity contribution in [2.24, 2.45) is 0 Å². The average Bonchev–Trinajstić information content (AvgIpc) is 3.10. The van der Waals surface area contributed by atoms with E-state index >= 15 is 0 Å². The lowest BCUT2D eigenvalue weighted by Gasteiger charge is -2.09. The van der Waals surface area contributed by atoms with Gasteiger partial charge in [-0.05, 0) is 12.1 Å². The second-order valence-corrected chi connectivity index (χ2v) is 9.28. The molecule has 272 valence electrons. The standard InChI is InChI=1S/C33H56O14/c1-2-35-8-9-36-10-11-37-12-13-38-14-15-39-16-17-40-18-19-41-20-21-42-22-23-43-24-25-44-26-27-45-28-29-46-30-31-47-33(34)32-6-4-3-5-7-32/h2-7H,1,8-31H2. The van der Waals surface area contributed by atoms with Crippen molar-refractivity contribution in [2.75, 3.05) is 159 Å². The third-order valence-electron chi connectivity index (χ3n) is 5.65. The normalized spacial score (nSPS) is 11.1. The van der Waals surface area contributed by atoms with Crippen LogP contribution in [0.4, 0.5) is 0 Å². The summed E-state index contributed by atoms with van der Waals surface area (Å²) in [5, 5.41) is 0. The van der Waals surface area contributed by atoms with Gasteiger partial charge < -0.3 is 61.6 Å². The molecule has 0 heterocycles. The van der Waals surface area contributed by atoms with Crippen LogP contribution in [0.1, 0.15) is 10.4 Å². The van der Waals surface area contributed by atoms with Gasteiger partial charge in [0.2, 0.25) is 0 Å². The van der Waals surface area contributed by atoms with Gasteiger partial charge in [-0.2, -0.15) is 0 Å². The van der Waals surface area contributed by atoms with Crippen molar-refractivity contribution in [1.29, 1.82) is 0 Å². The molecule has 0 amide bonds. The van der Waals surface area contributed by atoms with Crippen LogP contribution in [0.5, 0.6) is 0 Å². The van der Waals surface area contributed by atoms with Crippen molar-refractivity contribution in [2.45, 2.75) is 0 Å². The number of benzene rings is 1. The maximum atomic E-state index is 11.8. The van der Waals surface area contributed by atoms with Gasteiger partial charge in [0.1, 0.15) is 13.2 Å². The molecule has 0 aliphatic rings. The molecule has 0 radical (unpaired) electrons. The zero-order valence-corrected chi connectivity index (χ0v) is 27.9. The molecular formula is C33H56O14. The van der Waals surface area contributed by atoms with E-state index in [1.165, 1.54) is 6.26 Å². The molecule has 1 aromatic rings. The third-order valence-corrected chi connectivity index (χ3v) is 5.65. The number of rotatable bonds is 38. The van der Waals surface area contributed by atoms with Crippen LogP contribution in [0.2, 0.25) is 0 Å². The van der Waals surface area contributed by atoms with Gasteiger partial charge in [0.15, 0.2) is 0 Å². The quantitative estimate of drug-likeness (QED) is 0.0575. The van der Waals surface area contributed by atoms with Crippen molar-refractivity contribution in [3.63, 3.8) is 0 Å². The van der Waals surface area contributed by atoms with E-state index in [0.717, 1.165) is 0 Å². The Morgan fingerprint density at radius 3 is 0.936 bits per heavy atom. The Balaban J connectivity index is 1.63. The van der Waals surface area contributed by atoms with E-state index in [9.17, 15) is 4.79 Å². The number of esters is 1. The molecule has 0 aromatic heterocycles. The maximum Gasteiger partial charge on any atom is 0.338 e. The predicted molar refractivity (Wildman–Crippen MR) is 172 cm³/mol. The van der Waals surface area contributed by atoms with E-state index in [1.54, 1.807) is 24.3 Å². The lowest BCUT2D eigenvalue weighted by Crippen LogP contribution is -2.15. The first-order valence-electron chi connectivity index (χ1n) is 16.1. The highest BCUT2D eigenvalue weighted by Crippen LogP contribution is 2.00. The second kappa shape index (κ2) is 36.6. The molecule has 14 nitrogen and oxygen atoms in total. The molecule has 0 N–H and O–H groups in total. The molecule has 0 fully saturated rings. The lowest BCUT2D eigenvalue weighted by atomic mass is 10.2. The van der Waals surface area contributed by atoms with Crippen LogP contribution in [-0.4, -0.2) is 165 Å². The van der Waals surface area contributed by atoms with Crippen LogP contribution in [0.25, 0.3) is 0 Å². The van der Waals surface area contributed by atoms with Crippen LogP contribution in [0, 0.1) is 0 Å². The Labute approximate surface area is 279 Å². The molecular weight excluding hydrogens is 620 g/mol. The van der Waals surface area contributed by atoms with Crippen LogP contribution >= 0.6 is 0 Å². The highest BCUT2D eigenvalue weighted by molar-refractivity contribution is 5.89. The van der Waals surface area contributed by atoms with E-state index in [4.69, 9.17) is 61.6 Å². The number of carbonyl (C=O) groups is 1. The smallest absolute Gasteiger partial charge is 0.338 e. The van der Waals surface area contributed by atoms with Crippen molar-refractivity contribution in [3.8, 4) is 0 Å². The summed E-state index contributed by atoms with van der Waals surface area (Å²) in [4.78, 5) is 11.8. The SMILES string of the molecule is C=COCCOCCOCCOCCOCCOCCOCCOCCOCCOCCOCCOCCOC(=O)c1ccccc1. The van der Waals surface area contributed by atoms with Gasteiger partial charge in [-0.25, -0.2) is 4.79 Å². The number of hydrogen-bond acceptors (Lipinski definition) is 14. The fraction of sp³-hybridized carbons (Fsp3) is 0.727. The summed E-state index contributed by atoms with van der Waals surface area (Å²) in [7, 11) is 0. The second-order valence-electron chi connectivity index (χ2n) is 9.28. The van der Waals surface area contributed by atoms with Gasteiger partial charge in [-0.1, -0.05) is 24.8 Å². The first-order chi connectivity index (χ1) is 23.3. The molecule has 0 aliphatic heterocycles. The van der Waals surface area contributed by atoms with E-state index in [2.05, 4.69) is 6.58 Å². The Hall–Kier alpha value is -2.21. The van der Waals surface area contributed by atoms with Gasteiger partial charge in [0.05, 0.1) is 157 Å². The van der Waals surface area contributed by atoms with E-state index in [-0.39, 0.29) is 12.6 Å². The molecule has 0 unspecified atom stereocenters. The molecule has 0 atom stereocenters. The van der Waals surface area contributed by atoms with E-state index in [1.807, 2.05) is 6.07 Å². The number of carbonyl (C=O) groups excluding carboxylic acids is 1. The molecule has 0 saturated heterocycles. The van der Waals surface area contributed by atoms with Gasteiger partial charge in [0, 0.05) is 0 Å². The van der Waals surface area contributed by atoms with Crippen molar-refractivity contribution < 1.29 is 66.4 Å². The van der Waals surface area contributed by atoms with Gasteiger partial charge >= 0.3 is 5.97 Å². The minimum Gasteiger partial charge on any atom is -0.499 e. The monoisotopic (exact) mass is 676 g/mol. The predicted octanol–water partition coefficient (Wildman–Crippen LogP) is 2.19. The summed E-state index contributed by atoms with van der Waals surface area (Å²) >= 11 is 0. The number of ether oxygens (including phenoxy) is 13. The van der Waals surface area contributed by atoms with Gasteiger partial charge in [0.25, 0.3) is 0 Å². The molecule has 0 aliphatic carbocycles. The van der Waals surface area contributed by atoms with Crippen LogP contribution in [0.15, 0.2) is 43.2 Å². The van der Waals surface area contributed by atoms with Gasteiger partial charge in [-0.3, -0.25) is 0 Å². The van der Waals surface area contributed by atoms with E-state index < -0.39 is 0 Å². The Morgan fingerprint density at radius 2 is 0.660 bits per heavy atom. The summed E-state index contributed by atoms with van der Waals surface area (Å²) in [6.07, 6.45) is 1.39. The summed E-state index contributed by atoms with van der Waals surface area (Å²) < 4.78 is 69.8. The van der Waals surface area contributed by atoms with Crippen LogP contribution < -0.4 is 0 Å². The van der Waals surface area contributed by atoms with Gasteiger partial charge in [-0.15, -0.1) is 0 Å². The maximum absolute atomic E-state index is 11.8. The van der Waals surface area contributed by atoms with Crippen LogP contribution in [-0.2, 0) is 61.6 Å². The van der Waals surface area contributed by atoms with E-state index in [0.29, 0.717) is 158 Å². The molecule has 0 bridgehead atoms. The fourth-order valence-corrected chi connectivity index (χ4v) is 3.34. The summed E-state index contributed by atoms with van der Waals surface area (Å²) in [5.41, 5.74) is 0.524. The largest absolute Gasteiger partial charge is 0.499 e. The molecule has 14 heteroatoms. The number of hydrogen-bond donors (Lipinski definition) is 0. The first kappa shape index (κ1) is 42.8. The molecule has 0 spiro atoms. The highest BCUT2D eigenvalue weighted by Gasteiger charge is 2.05. The minimum atomic E-state index is -0.358.